The van der Waals surface area contributed by atoms with E-state index in [-0.39, 0.29) is 15.4 Å². The molecule has 0 bridgehead atoms. The first-order valence-electron chi connectivity index (χ1n) is 7.10. The van der Waals surface area contributed by atoms with Gasteiger partial charge in [0.1, 0.15) is 5.69 Å². The number of thioether (sulfide) groups is 1. The third kappa shape index (κ3) is 3.32. The average molecular weight is 314 g/mol. The molecule has 1 N–H and O–H groups in total. The average Bonchev–Trinajstić information content (AvgIpc) is 2.82. The first-order valence-corrected chi connectivity index (χ1v) is 8.32. The molecule has 2 rings (SSSR count). The van der Waals surface area contributed by atoms with Crippen LogP contribution in [0, 0.1) is 10.1 Å². The number of hydrogen-bond acceptors (Lipinski definition) is 6. The van der Waals surface area contributed by atoms with Gasteiger partial charge in [-0.2, -0.15) is 16.9 Å². The van der Waals surface area contributed by atoms with E-state index in [1.807, 2.05) is 6.92 Å². The predicted molar refractivity (Wildman–Crippen MR) is 84.0 cm³/mol. The number of hydrogen-bond donors (Lipinski definition) is 1. The molecule has 1 aromatic heterocycles. The molecule has 0 aliphatic carbocycles. The van der Waals surface area contributed by atoms with Gasteiger partial charge in [-0.25, -0.2) is 4.68 Å². The van der Waals surface area contributed by atoms with Gasteiger partial charge in [0.15, 0.2) is 0 Å². The molecular weight excluding hydrogens is 292 g/mol. The molecule has 0 unspecified atom stereocenters. The summed E-state index contributed by atoms with van der Waals surface area (Å²) < 4.78 is 7.06. The molecule has 1 aliphatic rings. The Bertz CT molecular complexity index is 512. The van der Waals surface area contributed by atoms with E-state index in [9.17, 15) is 10.1 Å². The molecule has 118 valence electrons. The van der Waals surface area contributed by atoms with Crippen LogP contribution in [0.4, 0.5) is 11.5 Å². The molecule has 0 saturated carbocycles. The topological polar surface area (TPSA) is 82.2 Å². The van der Waals surface area contributed by atoms with Crippen molar-refractivity contribution in [2.24, 2.45) is 7.05 Å². The maximum Gasteiger partial charge on any atom is 0.333 e. The number of anilines is 1. The summed E-state index contributed by atoms with van der Waals surface area (Å²) in [5, 5.41) is 18.8. The van der Waals surface area contributed by atoms with E-state index in [0.29, 0.717) is 24.5 Å². The smallest absolute Gasteiger partial charge is 0.333 e. The van der Waals surface area contributed by atoms with Gasteiger partial charge in [-0.1, -0.05) is 6.92 Å². The largest absolute Gasteiger partial charge is 0.381 e. The van der Waals surface area contributed by atoms with Crippen LogP contribution < -0.4 is 5.32 Å². The molecule has 1 saturated heterocycles. The summed E-state index contributed by atoms with van der Waals surface area (Å²) in [4.78, 5) is 11.0. The van der Waals surface area contributed by atoms with Gasteiger partial charge < -0.3 is 10.1 Å². The minimum absolute atomic E-state index is 0.0722. The molecule has 1 fully saturated rings. The van der Waals surface area contributed by atoms with Crippen LogP contribution in [0.3, 0.4) is 0 Å². The van der Waals surface area contributed by atoms with E-state index in [2.05, 4.69) is 16.7 Å². The van der Waals surface area contributed by atoms with Crippen molar-refractivity contribution in [3.8, 4) is 0 Å². The summed E-state index contributed by atoms with van der Waals surface area (Å²) in [6.07, 6.45) is 4.54. The van der Waals surface area contributed by atoms with Gasteiger partial charge in [-0.3, -0.25) is 10.1 Å². The summed E-state index contributed by atoms with van der Waals surface area (Å²) in [6, 6.07) is 0. The van der Waals surface area contributed by atoms with Crippen molar-refractivity contribution in [3.05, 3.63) is 15.8 Å². The summed E-state index contributed by atoms with van der Waals surface area (Å²) in [6.45, 7) is 4.05. The number of nitro groups is 1. The van der Waals surface area contributed by atoms with Crippen LogP contribution >= 0.6 is 11.8 Å². The molecule has 0 spiro atoms. The van der Waals surface area contributed by atoms with E-state index in [4.69, 9.17) is 4.74 Å². The fourth-order valence-corrected chi connectivity index (χ4v) is 3.43. The molecular formula is C13H22N4O3S. The second-order valence-electron chi connectivity index (χ2n) is 5.23. The van der Waals surface area contributed by atoms with Crippen molar-refractivity contribution in [2.75, 3.05) is 31.3 Å². The lowest BCUT2D eigenvalue weighted by Crippen LogP contribution is -2.39. The molecule has 0 aromatic carbocycles. The van der Waals surface area contributed by atoms with Gasteiger partial charge in [-0.05, 0) is 25.5 Å². The van der Waals surface area contributed by atoms with Crippen LogP contribution in [0.5, 0.6) is 0 Å². The Kier molecular flexibility index (Phi) is 5.10. The molecule has 21 heavy (non-hydrogen) atoms. The number of nitrogens with zero attached hydrogens (tertiary/aromatic N) is 3. The molecule has 0 radical (unpaired) electrons. The summed E-state index contributed by atoms with van der Waals surface area (Å²) in [5.74, 6) is 0.497. The third-order valence-electron chi connectivity index (χ3n) is 4.02. The molecule has 8 heteroatoms. The van der Waals surface area contributed by atoms with Gasteiger partial charge in [-0.15, -0.1) is 0 Å². The second-order valence-corrected chi connectivity index (χ2v) is 6.51. The molecule has 1 aromatic rings. The number of rotatable bonds is 6. The minimum Gasteiger partial charge on any atom is -0.381 e. The number of ether oxygens (including phenoxy) is 1. The Morgan fingerprint density at radius 2 is 2.19 bits per heavy atom. The van der Waals surface area contributed by atoms with Crippen LogP contribution in [-0.4, -0.2) is 45.5 Å². The highest BCUT2D eigenvalue weighted by atomic mass is 32.2. The van der Waals surface area contributed by atoms with Crippen molar-refractivity contribution >= 4 is 23.3 Å². The van der Waals surface area contributed by atoms with Gasteiger partial charge in [0.2, 0.25) is 5.82 Å². The summed E-state index contributed by atoms with van der Waals surface area (Å²) in [7, 11) is 1.74. The molecule has 0 atom stereocenters. The van der Waals surface area contributed by atoms with Gasteiger partial charge >= 0.3 is 5.69 Å². The lowest BCUT2D eigenvalue weighted by molar-refractivity contribution is -0.384. The summed E-state index contributed by atoms with van der Waals surface area (Å²) >= 11 is 1.80. The SMILES string of the molecule is CCc1nn(C)c(NCC2(SC)CCOCC2)c1[N+](=O)[O-]. The van der Waals surface area contributed by atoms with Crippen LogP contribution in [0.1, 0.15) is 25.5 Å². The lowest BCUT2D eigenvalue weighted by atomic mass is 9.99. The Balaban J connectivity index is 2.19. The van der Waals surface area contributed by atoms with E-state index in [1.165, 1.54) is 0 Å². The standard InChI is InChI=1S/C13H22N4O3S/c1-4-10-11(17(18)19)12(16(2)15-10)14-9-13(21-3)5-7-20-8-6-13/h14H,4-9H2,1-3H3. The Morgan fingerprint density at radius 1 is 1.52 bits per heavy atom. The van der Waals surface area contributed by atoms with Crippen molar-refractivity contribution in [2.45, 2.75) is 30.9 Å². The highest BCUT2D eigenvalue weighted by Crippen LogP contribution is 2.35. The number of nitrogens with one attached hydrogen (secondary N) is 1. The summed E-state index contributed by atoms with van der Waals surface area (Å²) in [5.41, 5.74) is 0.624. The van der Waals surface area contributed by atoms with E-state index in [0.717, 1.165) is 26.1 Å². The molecule has 7 nitrogen and oxygen atoms in total. The number of aryl methyl sites for hydroxylation is 2. The van der Waals surface area contributed by atoms with E-state index < -0.39 is 0 Å². The Hall–Kier alpha value is -1.28. The highest BCUT2D eigenvalue weighted by molar-refractivity contribution is 8.00. The van der Waals surface area contributed by atoms with E-state index in [1.54, 1.807) is 23.5 Å². The van der Waals surface area contributed by atoms with Crippen LogP contribution in [0.25, 0.3) is 0 Å². The Morgan fingerprint density at radius 3 is 2.71 bits per heavy atom. The quantitative estimate of drug-likeness (QED) is 0.640. The minimum atomic E-state index is -0.343. The van der Waals surface area contributed by atoms with Gasteiger partial charge in [0.25, 0.3) is 0 Å². The predicted octanol–water partition coefficient (Wildman–Crippen LogP) is 2.21. The highest BCUT2D eigenvalue weighted by Gasteiger charge is 2.33. The lowest BCUT2D eigenvalue weighted by Gasteiger charge is -2.35. The van der Waals surface area contributed by atoms with Crippen LogP contribution in [0.15, 0.2) is 0 Å². The zero-order valence-electron chi connectivity index (χ0n) is 12.7. The molecule has 0 amide bonds. The van der Waals surface area contributed by atoms with Crippen LogP contribution in [0.2, 0.25) is 0 Å². The normalized spacial score (nSPS) is 17.7. The monoisotopic (exact) mass is 314 g/mol. The maximum atomic E-state index is 11.3. The van der Waals surface area contributed by atoms with Crippen molar-refractivity contribution in [1.82, 2.24) is 9.78 Å². The fraction of sp³-hybridized carbons (Fsp3) is 0.769. The van der Waals surface area contributed by atoms with Crippen molar-refractivity contribution in [1.29, 1.82) is 0 Å². The van der Waals surface area contributed by atoms with Gasteiger partial charge in [0, 0.05) is 31.6 Å². The van der Waals surface area contributed by atoms with Crippen LogP contribution in [-0.2, 0) is 18.2 Å². The fourth-order valence-electron chi connectivity index (χ4n) is 2.64. The second kappa shape index (κ2) is 6.65. The molecule has 1 aliphatic heterocycles. The third-order valence-corrected chi connectivity index (χ3v) is 5.44. The number of aromatic nitrogens is 2. The maximum absolute atomic E-state index is 11.3. The zero-order chi connectivity index (χ0) is 15.5. The zero-order valence-corrected chi connectivity index (χ0v) is 13.5. The van der Waals surface area contributed by atoms with E-state index >= 15 is 0 Å². The van der Waals surface area contributed by atoms with Crippen molar-refractivity contribution < 1.29 is 9.66 Å². The molecule has 2 heterocycles. The van der Waals surface area contributed by atoms with Crippen molar-refractivity contribution in [3.63, 3.8) is 0 Å². The Labute approximate surface area is 128 Å². The first kappa shape index (κ1) is 16.1. The van der Waals surface area contributed by atoms with Gasteiger partial charge in [0.05, 0.1) is 4.92 Å². The first-order chi connectivity index (χ1) is 10.0.